The molecule has 14 heavy (non-hydrogen) atoms. The Morgan fingerprint density at radius 3 is 2.93 bits per heavy atom. The van der Waals surface area contributed by atoms with Crippen LogP contribution in [0.1, 0.15) is 4.88 Å². The number of fused-ring (bicyclic) bond motifs is 1. The Bertz CT molecular complexity index is 464. The first-order valence-electron chi connectivity index (χ1n) is 4.07. The second-order valence-corrected chi connectivity index (χ2v) is 5.35. The van der Waals surface area contributed by atoms with Gasteiger partial charge in [-0.3, -0.25) is 0 Å². The van der Waals surface area contributed by atoms with Crippen LogP contribution in [0.5, 0.6) is 0 Å². The van der Waals surface area contributed by atoms with E-state index in [9.17, 15) is 4.39 Å². The van der Waals surface area contributed by atoms with Crippen LogP contribution in [0.4, 0.5) is 4.39 Å². The fraction of sp³-hybridized carbons (Fsp3) is 0.200. The lowest BCUT2D eigenvalue weighted by atomic mass is 10.2. The molecular weight excluding hydrogens is 283 g/mol. The molecule has 2 aromatic rings. The Balaban J connectivity index is 2.79. The van der Waals surface area contributed by atoms with Crippen molar-refractivity contribution >= 4 is 49.1 Å². The van der Waals surface area contributed by atoms with E-state index in [-0.39, 0.29) is 5.82 Å². The first-order valence-corrected chi connectivity index (χ1v) is 7.24. The normalized spacial score (nSPS) is 11.1. The third-order valence-electron chi connectivity index (χ3n) is 2.03. The molecule has 0 radical (unpaired) electrons. The van der Waals surface area contributed by atoms with Crippen molar-refractivity contribution in [1.82, 2.24) is 0 Å². The van der Waals surface area contributed by atoms with E-state index in [2.05, 4.69) is 15.9 Å². The maximum atomic E-state index is 13.8. The third kappa shape index (κ3) is 1.59. The second kappa shape index (κ2) is 4.21. The Kier molecular flexibility index (Phi) is 3.14. The number of hydrogen-bond donors (Lipinski definition) is 0. The molecule has 0 fully saturated rings. The standard InChI is InChI=1S/C10H8BrFS2/c1-13-6-3-2-4-7-9(6)10(12)8(5-11)14-7/h2-4H,5H2,1H3. The number of thioether (sulfide) groups is 1. The van der Waals surface area contributed by atoms with Crippen LogP contribution in [0.25, 0.3) is 10.1 Å². The van der Waals surface area contributed by atoms with Gasteiger partial charge in [0.1, 0.15) is 5.82 Å². The number of thiophene rings is 1. The van der Waals surface area contributed by atoms with Crippen LogP contribution in [0, 0.1) is 5.82 Å². The zero-order valence-electron chi connectivity index (χ0n) is 7.51. The highest BCUT2D eigenvalue weighted by molar-refractivity contribution is 9.08. The van der Waals surface area contributed by atoms with Gasteiger partial charge in [-0.1, -0.05) is 22.0 Å². The lowest BCUT2D eigenvalue weighted by molar-refractivity contribution is 0.634. The zero-order chi connectivity index (χ0) is 10.1. The Morgan fingerprint density at radius 2 is 2.29 bits per heavy atom. The van der Waals surface area contributed by atoms with Crippen molar-refractivity contribution in [3.8, 4) is 0 Å². The molecule has 0 nitrogen and oxygen atoms in total. The molecule has 0 aliphatic rings. The van der Waals surface area contributed by atoms with E-state index in [1.165, 1.54) is 11.3 Å². The van der Waals surface area contributed by atoms with E-state index in [0.717, 1.165) is 19.9 Å². The number of halogens is 2. The number of rotatable bonds is 2. The fourth-order valence-electron chi connectivity index (χ4n) is 1.39. The van der Waals surface area contributed by atoms with Gasteiger partial charge in [-0.2, -0.15) is 0 Å². The van der Waals surface area contributed by atoms with Gasteiger partial charge in [0, 0.05) is 20.3 Å². The monoisotopic (exact) mass is 290 g/mol. The summed E-state index contributed by atoms with van der Waals surface area (Å²) in [6, 6.07) is 5.90. The summed E-state index contributed by atoms with van der Waals surface area (Å²) in [6.45, 7) is 0. The maximum absolute atomic E-state index is 13.8. The van der Waals surface area contributed by atoms with E-state index >= 15 is 0 Å². The van der Waals surface area contributed by atoms with Gasteiger partial charge in [-0.25, -0.2) is 4.39 Å². The molecule has 1 heterocycles. The summed E-state index contributed by atoms with van der Waals surface area (Å²) >= 11 is 6.40. The zero-order valence-corrected chi connectivity index (χ0v) is 10.7. The van der Waals surface area contributed by atoms with Crippen molar-refractivity contribution < 1.29 is 4.39 Å². The van der Waals surface area contributed by atoms with E-state index in [1.807, 2.05) is 24.5 Å². The van der Waals surface area contributed by atoms with E-state index < -0.39 is 0 Å². The molecule has 0 aliphatic carbocycles. The summed E-state index contributed by atoms with van der Waals surface area (Å²) in [6.07, 6.45) is 1.97. The largest absolute Gasteiger partial charge is 0.205 e. The highest BCUT2D eigenvalue weighted by Crippen LogP contribution is 2.36. The summed E-state index contributed by atoms with van der Waals surface area (Å²) in [4.78, 5) is 1.80. The number of benzene rings is 1. The summed E-state index contributed by atoms with van der Waals surface area (Å²) in [5.74, 6) is -0.0631. The molecule has 0 spiro atoms. The molecular formula is C10H8BrFS2. The van der Waals surface area contributed by atoms with Gasteiger partial charge in [0.25, 0.3) is 0 Å². The van der Waals surface area contributed by atoms with Crippen molar-refractivity contribution in [3.63, 3.8) is 0 Å². The van der Waals surface area contributed by atoms with Crippen LogP contribution in [-0.2, 0) is 5.33 Å². The Hall–Kier alpha value is -0.0600. The van der Waals surface area contributed by atoms with Crippen LogP contribution in [-0.4, -0.2) is 6.26 Å². The lowest BCUT2D eigenvalue weighted by Gasteiger charge is -1.97. The molecule has 1 aromatic heterocycles. The molecule has 0 bridgehead atoms. The van der Waals surface area contributed by atoms with E-state index in [4.69, 9.17) is 0 Å². The number of alkyl halides is 1. The molecule has 0 amide bonds. The summed E-state index contributed by atoms with van der Waals surface area (Å²) in [5, 5.41) is 1.37. The molecule has 0 atom stereocenters. The molecule has 2 rings (SSSR count). The third-order valence-corrected chi connectivity index (χ3v) is 4.87. The molecule has 74 valence electrons. The minimum absolute atomic E-state index is 0.0631. The molecule has 0 N–H and O–H groups in total. The van der Waals surface area contributed by atoms with E-state index in [0.29, 0.717) is 5.33 Å². The Morgan fingerprint density at radius 1 is 1.50 bits per heavy atom. The molecule has 0 aliphatic heterocycles. The molecule has 0 unspecified atom stereocenters. The van der Waals surface area contributed by atoms with Gasteiger partial charge < -0.3 is 0 Å². The first-order chi connectivity index (χ1) is 6.77. The SMILES string of the molecule is CSc1cccc2sc(CBr)c(F)c12. The van der Waals surface area contributed by atoms with Gasteiger partial charge in [0.2, 0.25) is 0 Å². The smallest absolute Gasteiger partial charge is 0.146 e. The average Bonchev–Trinajstić information content (AvgIpc) is 2.55. The Labute approximate surface area is 98.6 Å². The van der Waals surface area contributed by atoms with Crippen molar-refractivity contribution in [2.75, 3.05) is 6.26 Å². The van der Waals surface area contributed by atoms with E-state index in [1.54, 1.807) is 11.8 Å². The van der Waals surface area contributed by atoms with Crippen LogP contribution in [0.15, 0.2) is 23.1 Å². The molecule has 4 heteroatoms. The molecule has 1 aromatic carbocycles. The fourth-order valence-corrected chi connectivity index (χ4v) is 3.62. The highest BCUT2D eigenvalue weighted by Gasteiger charge is 2.13. The second-order valence-electron chi connectivity index (χ2n) is 2.81. The average molecular weight is 291 g/mol. The van der Waals surface area contributed by atoms with Crippen molar-refractivity contribution in [2.24, 2.45) is 0 Å². The maximum Gasteiger partial charge on any atom is 0.146 e. The van der Waals surface area contributed by atoms with Gasteiger partial charge in [-0.15, -0.1) is 23.1 Å². The van der Waals surface area contributed by atoms with Crippen LogP contribution in [0.3, 0.4) is 0 Å². The van der Waals surface area contributed by atoms with Crippen molar-refractivity contribution in [2.45, 2.75) is 10.2 Å². The summed E-state index contributed by atoms with van der Waals surface area (Å²) < 4.78 is 14.9. The first kappa shape index (κ1) is 10.5. The van der Waals surface area contributed by atoms with Gasteiger partial charge >= 0.3 is 0 Å². The minimum Gasteiger partial charge on any atom is -0.205 e. The van der Waals surface area contributed by atoms with Gasteiger partial charge in [0.15, 0.2) is 0 Å². The predicted octanol–water partition coefficient (Wildman–Crippen LogP) is 4.66. The minimum atomic E-state index is -0.0631. The van der Waals surface area contributed by atoms with Crippen molar-refractivity contribution in [3.05, 3.63) is 28.9 Å². The number of hydrogen-bond acceptors (Lipinski definition) is 2. The highest BCUT2D eigenvalue weighted by atomic mass is 79.9. The van der Waals surface area contributed by atoms with Crippen LogP contribution >= 0.6 is 39.0 Å². The van der Waals surface area contributed by atoms with Crippen molar-refractivity contribution in [1.29, 1.82) is 0 Å². The lowest BCUT2D eigenvalue weighted by Crippen LogP contribution is -1.78. The molecule has 0 saturated heterocycles. The summed E-state index contributed by atoms with van der Waals surface area (Å²) in [5.41, 5.74) is 0. The van der Waals surface area contributed by atoms with Crippen LogP contribution in [0.2, 0.25) is 0 Å². The molecule has 0 saturated carbocycles. The topological polar surface area (TPSA) is 0 Å². The van der Waals surface area contributed by atoms with Gasteiger partial charge in [-0.05, 0) is 18.4 Å². The quantitative estimate of drug-likeness (QED) is 0.573. The predicted molar refractivity (Wildman–Crippen MR) is 66.2 cm³/mol. The van der Waals surface area contributed by atoms with Gasteiger partial charge in [0.05, 0.1) is 4.88 Å². The van der Waals surface area contributed by atoms with Crippen LogP contribution < -0.4 is 0 Å². The summed E-state index contributed by atoms with van der Waals surface area (Å²) in [7, 11) is 0.